The van der Waals surface area contributed by atoms with Crippen molar-refractivity contribution in [2.45, 2.75) is 47.1 Å². The normalized spacial score (nSPS) is 11.9. The number of hydrogen-bond acceptors (Lipinski definition) is 3. The minimum Gasteiger partial charge on any atom is -0.481 e. The number of carboxylic acids is 1. The van der Waals surface area contributed by atoms with E-state index in [4.69, 9.17) is 0 Å². The summed E-state index contributed by atoms with van der Waals surface area (Å²) in [6.45, 7) is 10.2. The zero-order valence-electron chi connectivity index (χ0n) is 13.4. The monoisotopic (exact) mass is 293 g/mol. The van der Waals surface area contributed by atoms with Gasteiger partial charge in [-0.05, 0) is 53.7 Å². The third-order valence-corrected chi connectivity index (χ3v) is 4.00. The van der Waals surface area contributed by atoms with E-state index >= 15 is 0 Å². The van der Waals surface area contributed by atoms with Crippen LogP contribution in [0.25, 0.3) is 0 Å². The molecule has 0 bridgehead atoms. The van der Waals surface area contributed by atoms with Crippen LogP contribution in [0, 0.1) is 19.3 Å². The molecule has 0 saturated carbocycles. The molecular weight excluding hydrogens is 270 g/mol. The van der Waals surface area contributed by atoms with E-state index in [1.54, 1.807) is 46.8 Å². The number of nitrogens with zero attached hydrogens (tertiary/aromatic N) is 1. The molecule has 0 fully saturated rings. The number of aromatic nitrogens is 1. The molecule has 0 aromatic carbocycles. The second kappa shape index (κ2) is 5.71. The van der Waals surface area contributed by atoms with Gasteiger partial charge in [0.05, 0.1) is 22.3 Å². The second-order valence-electron chi connectivity index (χ2n) is 6.22. The topological polar surface area (TPSA) is 91.3 Å². The van der Waals surface area contributed by atoms with E-state index in [2.05, 4.69) is 15.6 Å². The highest BCUT2D eigenvalue weighted by atomic mass is 16.4. The maximum absolute atomic E-state index is 12.1. The smallest absolute Gasteiger partial charge is 0.319 e. The summed E-state index contributed by atoms with van der Waals surface area (Å²) < 4.78 is 0. The third kappa shape index (κ3) is 3.71. The number of anilines is 1. The highest BCUT2D eigenvalue weighted by molar-refractivity contribution is 5.91. The number of carbonyl (C=O) groups is 2. The minimum absolute atomic E-state index is 0.455. The van der Waals surface area contributed by atoms with Gasteiger partial charge in [-0.15, -0.1) is 0 Å². The molecule has 0 aliphatic heterocycles. The van der Waals surface area contributed by atoms with Crippen LogP contribution in [-0.4, -0.2) is 27.6 Å². The van der Waals surface area contributed by atoms with Crippen molar-refractivity contribution < 1.29 is 14.7 Å². The van der Waals surface area contributed by atoms with Crippen molar-refractivity contribution in [3.05, 3.63) is 23.5 Å². The number of carbonyl (C=O) groups excluding carboxylic acids is 1. The van der Waals surface area contributed by atoms with Crippen LogP contribution in [0.2, 0.25) is 0 Å². The number of hydrogen-bond donors (Lipinski definition) is 3. The number of amides is 2. The molecule has 0 aliphatic rings. The van der Waals surface area contributed by atoms with Crippen molar-refractivity contribution in [2.75, 3.05) is 5.32 Å². The molecule has 2 amide bonds. The molecule has 1 rings (SSSR count). The average Bonchev–Trinajstić information content (AvgIpc) is 2.31. The number of carboxylic acid groups (broad SMARTS) is 1. The fraction of sp³-hybridized carbons (Fsp3) is 0.533. The van der Waals surface area contributed by atoms with Gasteiger partial charge in [-0.25, -0.2) is 4.79 Å². The van der Waals surface area contributed by atoms with Gasteiger partial charge in [0.1, 0.15) is 0 Å². The summed E-state index contributed by atoms with van der Waals surface area (Å²) in [6, 6.07) is 3.12. The van der Waals surface area contributed by atoms with Crippen molar-refractivity contribution in [3.8, 4) is 0 Å². The molecule has 0 saturated heterocycles. The maximum atomic E-state index is 12.1. The Morgan fingerprint density at radius 2 is 1.71 bits per heavy atom. The SMILES string of the molecule is Cc1ccc(NC(=O)NC(C)(C)C(C)(C)C(=O)O)c(C)n1. The molecule has 1 aromatic rings. The van der Waals surface area contributed by atoms with E-state index in [9.17, 15) is 14.7 Å². The number of aliphatic carboxylic acids is 1. The van der Waals surface area contributed by atoms with Gasteiger partial charge in [0.2, 0.25) is 0 Å². The van der Waals surface area contributed by atoms with Gasteiger partial charge >= 0.3 is 12.0 Å². The summed E-state index contributed by atoms with van der Waals surface area (Å²) >= 11 is 0. The third-order valence-electron chi connectivity index (χ3n) is 4.00. The van der Waals surface area contributed by atoms with Gasteiger partial charge in [0.15, 0.2) is 0 Å². The lowest BCUT2D eigenvalue weighted by Crippen LogP contribution is -2.57. The van der Waals surface area contributed by atoms with Gasteiger partial charge < -0.3 is 15.7 Å². The Morgan fingerprint density at radius 3 is 2.19 bits per heavy atom. The summed E-state index contributed by atoms with van der Waals surface area (Å²) in [5.74, 6) is -0.971. The Morgan fingerprint density at radius 1 is 1.14 bits per heavy atom. The van der Waals surface area contributed by atoms with Crippen LogP contribution in [0.15, 0.2) is 12.1 Å². The molecule has 6 heteroatoms. The predicted octanol–water partition coefficient (Wildman–Crippen LogP) is 2.71. The first-order valence-corrected chi connectivity index (χ1v) is 6.74. The molecule has 0 radical (unpaired) electrons. The fourth-order valence-corrected chi connectivity index (χ4v) is 1.68. The predicted molar refractivity (Wildman–Crippen MR) is 81.4 cm³/mol. The molecule has 0 aliphatic carbocycles. The van der Waals surface area contributed by atoms with Crippen LogP contribution in [-0.2, 0) is 4.79 Å². The molecule has 116 valence electrons. The van der Waals surface area contributed by atoms with E-state index in [0.717, 1.165) is 5.69 Å². The van der Waals surface area contributed by atoms with Crippen molar-refractivity contribution in [1.82, 2.24) is 10.3 Å². The summed E-state index contributed by atoms with van der Waals surface area (Å²) in [4.78, 5) is 27.7. The minimum atomic E-state index is -1.11. The van der Waals surface area contributed by atoms with Crippen molar-refractivity contribution in [1.29, 1.82) is 0 Å². The van der Waals surface area contributed by atoms with Crippen molar-refractivity contribution in [2.24, 2.45) is 5.41 Å². The largest absolute Gasteiger partial charge is 0.481 e. The Balaban J connectivity index is 2.84. The van der Waals surface area contributed by atoms with Gasteiger partial charge in [0.25, 0.3) is 0 Å². The van der Waals surface area contributed by atoms with E-state index in [1.807, 2.05) is 6.92 Å². The summed E-state index contributed by atoms with van der Waals surface area (Å²) in [6.07, 6.45) is 0. The van der Waals surface area contributed by atoms with Gasteiger partial charge in [-0.2, -0.15) is 0 Å². The molecule has 6 nitrogen and oxygen atoms in total. The zero-order valence-corrected chi connectivity index (χ0v) is 13.4. The van der Waals surface area contributed by atoms with Crippen molar-refractivity contribution >= 4 is 17.7 Å². The van der Waals surface area contributed by atoms with E-state index in [-0.39, 0.29) is 0 Å². The van der Waals surface area contributed by atoms with Crippen LogP contribution in [0.1, 0.15) is 39.1 Å². The van der Waals surface area contributed by atoms with Crippen LogP contribution in [0.4, 0.5) is 10.5 Å². The summed E-state index contributed by atoms with van der Waals surface area (Å²) in [5.41, 5.74) is 0.146. The van der Waals surface area contributed by atoms with Crippen LogP contribution >= 0.6 is 0 Å². The molecule has 21 heavy (non-hydrogen) atoms. The molecule has 0 atom stereocenters. The number of aryl methyl sites for hydroxylation is 2. The standard InChI is InChI=1S/C15H23N3O3/c1-9-7-8-11(10(2)16-9)17-13(21)18-15(5,6)14(3,4)12(19)20/h7-8H,1-6H3,(H,19,20)(H2,17,18,21). The number of nitrogens with one attached hydrogen (secondary N) is 2. The Hall–Kier alpha value is -2.11. The number of urea groups is 1. The van der Waals surface area contributed by atoms with E-state index in [0.29, 0.717) is 11.4 Å². The molecule has 3 N–H and O–H groups in total. The molecular formula is C15H23N3O3. The summed E-state index contributed by atoms with van der Waals surface area (Å²) in [5, 5.41) is 14.7. The van der Waals surface area contributed by atoms with Crippen molar-refractivity contribution in [3.63, 3.8) is 0 Å². The average molecular weight is 293 g/mol. The zero-order chi connectivity index (χ0) is 16.4. The van der Waals surface area contributed by atoms with Crippen LogP contribution < -0.4 is 10.6 Å². The van der Waals surface area contributed by atoms with E-state index < -0.39 is 23.0 Å². The highest BCUT2D eigenvalue weighted by Crippen LogP contribution is 2.30. The lowest BCUT2D eigenvalue weighted by Gasteiger charge is -2.38. The Bertz CT molecular complexity index is 565. The lowest BCUT2D eigenvalue weighted by molar-refractivity contribution is -0.150. The molecule has 1 heterocycles. The fourth-order valence-electron chi connectivity index (χ4n) is 1.68. The van der Waals surface area contributed by atoms with Gasteiger partial charge in [0, 0.05) is 5.69 Å². The Labute approximate surface area is 125 Å². The summed E-state index contributed by atoms with van der Waals surface area (Å²) in [7, 11) is 0. The first-order chi connectivity index (χ1) is 9.47. The molecule has 0 unspecified atom stereocenters. The van der Waals surface area contributed by atoms with Crippen LogP contribution in [0.3, 0.4) is 0 Å². The molecule has 1 aromatic heterocycles. The maximum Gasteiger partial charge on any atom is 0.319 e. The highest BCUT2D eigenvalue weighted by Gasteiger charge is 2.44. The lowest BCUT2D eigenvalue weighted by atomic mass is 9.74. The first kappa shape index (κ1) is 16.9. The second-order valence-corrected chi connectivity index (χ2v) is 6.22. The van der Waals surface area contributed by atoms with Crippen LogP contribution in [0.5, 0.6) is 0 Å². The first-order valence-electron chi connectivity index (χ1n) is 6.74. The van der Waals surface area contributed by atoms with Gasteiger partial charge in [-0.1, -0.05) is 0 Å². The molecule has 0 spiro atoms. The number of rotatable bonds is 4. The Kier molecular flexibility index (Phi) is 4.61. The quantitative estimate of drug-likeness (QED) is 0.796. The van der Waals surface area contributed by atoms with Gasteiger partial charge in [-0.3, -0.25) is 9.78 Å². The number of pyridine rings is 1. The van der Waals surface area contributed by atoms with E-state index in [1.165, 1.54) is 0 Å².